The van der Waals surface area contributed by atoms with Crippen molar-refractivity contribution in [1.29, 1.82) is 0 Å². The van der Waals surface area contributed by atoms with Gasteiger partial charge in [0.15, 0.2) is 0 Å². The predicted octanol–water partition coefficient (Wildman–Crippen LogP) is 2.83. The van der Waals surface area contributed by atoms with E-state index in [1.165, 1.54) is 6.42 Å². The van der Waals surface area contributed by atoms with Crippen LogP contribution in [0, 0.1) is 11.8 Å². The molecule has 1 nitrogen and oxygen atoms in total. The van der Waals surface area contributed by atoms with E-state index in [2.05, 4.69) is 13.8 Å². The molecule has 1 aliphatic carbocycles. The van der Waals surface area contributed by atoms with Crippen molar-refractivity contribution in [3.8, 4) is 0 Å². The largest absolute Gasteiger partial charge is 0.393 e. The Bertz CT molecular complexity index is 65.9. The first-order chi connectivity index (χ1) is 5.18. The molecule has 1 fully saturated rings. The summed E-state index contributed by atoms with van der Waals surface area (Å²) >= 11 is 0. The summed E-state index contributed by atoms with van der Waals surface area (Å²) in [5, 5.41) is 9.25. The van der Waals surface area contributed by atoms with Crippen LogP contribution in [0.1, 0.15) is 47.0 Å². The maximum absolute atomic E-state index is 9.25. The van der Waals surface area contributed by atoms with E-state index in [0.29, 0.717) is 0 Å². The Labute approximate surface area is 70.8 Å². The Morgan fingerprint density at radius 1 is 0.909 bits per heavy atom. The first-order valence-electron chi connectivity index (χ1n) is 4.86. The highest BCUT2D eigenvalue weighted by atomic mass is 16.3. The maximum Gasteiger partial charge on any atom is 0.0545 e. The normalized spacial score (nSPS) is 37.4. The highest BCUT2D eigenvalue weighted by molar-refractivity contribution is 4.73. The Morgan fingerprint density at radius 2 is 1.27 bits per heavy atom. The lowest BCUT2D eigenvalue weighted by atomic mass is 9.82. The molecule has 1 saturated carbocycles. The fourth-order valence-corrected chi connectivity index (χ4v) is 1.90. The van der Waals surface area contributed by atoms with E-state index in [1.54, 1.807) is 0 Å². The fourth-order valence-electron chi connectivity index (χ4n) is 1.90. The van der Waals surface area contributed by atoms with Gasteiger partial charge in [-0.25, -0.2) is 0 Å². The van der Waals surface area contributed by atoms with Crippen LogP contribution in [-0.4, -0.2) is 11.2 Å². The van der Waals surface area contributed by atoms with Crippen LogP contribution in [0.25, 0.3) is 0 Å². The number of aliphatic hydroxyl groups is 1. The number of hydrogen-bond acceptors (Lipinski definition) is 1. The van der Waals surface area contributed by atoms with Crippen LogP contribution in [0.2, 0.25) is 0 Å². The summed E-state index contributed by atoms with van der Waals surface area (Å²) in [4.78, 5) is 0. The number of hydrogen-bond donors (Lipinski definition) is 1. The minimum Gasteiger partial charge on any atom is -0.393 e. The van der Waals surface area contributed by atoms with Crippen LogP contribution in [-0.2, 0) is 0 Å². The van der Waals surface area contributed by atoms with Crippen molar-refractivity contribution in [3.63, 3.8) is 0 Å². The summed E-state index contributed by atoms with van der Waals surface area (Å²) < 4.78 is 0. The molecule has 1 rings (SSSR count). The quantitative estimate of drug-likeness (QED) is 0.574. The van der Waals surface area contributed by atoms with Crippen molar-refractivity contribution >= 4 is 0 Å². The summed E-state index contributed by atoms with van der Waals surface area (Å²) in [6.45, 7) is 8.44. The second-order valence-electron chi connectivity index (χ2n) is 3.57. The van der Waals surface area contributed by atoms with Crippen LogP contribution in [0.4, 0.5) is 0 Å². The molecule has 68 valence electrons. The Morgan fingerprint density at radius 3 is 1.55 bits per heavy atom. The van der Waals surface area contributed by atoms with Crippen LogP contribution in [0.5, 0.6) is 0 Å². The highest BCUT2D eigenvalue weighted by Gasteiger charge is 2.21. The number of rotatable bonds is 0. The third-order valence-corrected chi connectivity index (χ3v) is 2.15. The average Bonchev–Trinajstić information content (AvgIpc) is 1.88. The second-order valence-corrected chi connectivity index (χ2v) is 3.57. The van der Waals surface area contributed by atoms with Gasteiger partial charge in [-0.05, 0) is 31.1 Å². The van der Waals surface area contributed by atoms with Crippen molar-refractivity contribution in [1.82, 2.24) is 0 Å². The predicted molar refractivity (Wildman–Crippen MR) is 49.5 cm³/mol. The van der Waals surface area contributed by atoms with Crippen molar-refractivity contribution in [2.75, 3.05) is 0 Å². The van der Waals surface area contributed by atoms with Crippen LogP contribution in [0.3, 0.4) is 0 Å². The van der Waals surface area contributed by atoms with Gasteiger partial charge in [-0.1, -0.05) is 27.7 Å². The maximum atomic E-state index is 9.25. The molecule has 0 aromatic carbocycles. The molecular weight excluding hydrogens is 136 g/mol. The lowest BCUT2D eigenvalue weighted by molar-refractivity contribution is 0.0804. The van der Waals surface area contributed by atoms with Gasteiger partial charge in [0.05, 0.1) is 6.10 Å². The van der Waals surface area contributed by atoms with Crippen LogP contribution < -0.4 is 0 Å². The van der Waals surface area contributed by atoms with Gasteiger partial charge in [-0.3, -0.25) is 0 Å². The van der Waals surface area contributed by atoms with E-state index >= 15 is 0 Å². The van der Waals surface area contributed by atoms with Crippen molar-refractivity contribution in [2.24, 2.45) is 11.8 Å². The molecular formula is C10H22O. The lowest BCUT2D eigenvalue weighted by Gasteiger charge is -2.27. The molecule has 0 spiro atoms. The molecule has 2 unspecified atom stereocenters. The molecule has 0 radical (unpaired) electrons. The molecule has 1 N–H and O–H groups in total. The Kier molecular flexibility index (Phi) is 5.57. The van der Waals surface area contributed by atoms with Gasteiger partial charge >= 0.3 is 0 Å². The number of aliphatic hydroxyl groups excluding tert-OH is 1. The van der Waals surface area contributed by atoms with E-state index in [4.69, 9.17) is 0 Å². The molecule has 1 aliphatic rings. The minimum atomic E-state index is -0.0104. The van der Waals surface area contributed by atoms with Crippen molar-refractivity contribution in [3.05, 3.63) is 0 Å². The molecule has 0 amide bonds. The molecule has 0 aromatic heterocycles. The van der Waals surface area contributed by atoms with Gasteiger partial charge in [0.2, 0.25) is 0 Å². The second kappa shape index (κ2) is 5.59. The first kappa shape index (κ1) is 11.0. The molecule has 0 bridgehead atoms. The molecule has 11 heavy (non-hydrogen) atoms. The summed E-state index contributed by atoms with van der Waals surface area (Å²) in [6, 6.07) is 0. The summed E-state index contributed by atoms with van der Waals surface area (Å²) in [7, 11) is 0. The Balaban J connectivity index is 0.000000461. The highest BCUT2D eigenvalue weighted by Crippen LogP contribution is 2.27. The van der Waals surface area contributed by atoms with Crippen molar-refractivity contribution < 1.29 is 5.11 Å². The van der Waals surface area contributed by atoms with E-state index < -0.39 is 0 Å². The smallest absolute Gasteiger partial charge is 0.0545 e. The van der Waals surface area contributed by atoms with Gasteiger partial charge < -0.3 is 5.11 Å². The zero-order valence-electron chi connectivity index (χ0n) is 8.30. The Hall–Kier alpha value is -0.0400. The van der Waals surface area contributed by atoms with Gasteiger partial charge in [-0.15, -0.1) is 0 Å². The van der Waals surface area contributed by atoms with Gasteiger partial charge in [0, 0.05) is 0 Å². The van der Waals surface area contributed by atoms with Gasteiger partial charge in [-0.2, -0.15) is 0 Å². The monoisotopic (exact) mass is 158 g/mol. The third-order valence-electron chi connectivity index (χ3n) is 2.15. The van der Waals surface area contributed by atoms with Crippen LogP contribution in [0.15, 0.2) is 0 Å². The summed E-state index contributed by atoms with van der Waals surface area (Å²) in [5.41, 5.74) is 0. The molecule has 2 atom stereocenters. The summed E-state index contributed by atoms with van der Waals surface area (Å²) in [5.74, 6) is 1.48. The zero-order chi connectivity index (χ0) is 8.85. The van der Waals surface area contributed by atoms with Gasteiger partial charge in [0.1, 0.15) is 0 Å². The average molecular weight is 158 g/mol. The standard InChI is InChI=1S/C8H16O.C2H6/c1-6-3-7(2)5-8(9)4-6;1-2/h6-9H,3-5H2,1-2H3;1-2H3. The summed E-state index contributed by atoms with van der Waals surface area (Å²) in [6.07, 6.45) is 3.33. The lowest BCUT2D eigenvalue weighted by Crippen LogP contribution is -2.22. The van der Waals surface area contributed by atoms with E-state index in [0.717, 1.165) is 24.7 Å². The SMILES string of the molecule is CC.CC1CC(C)CC(O)C1. The molecule has 0 aromatic rings. The van der Waals surface area contributed by atoms with E-state index in [9.17, 15) is 5.11 Å². The minimum absolute atomic E-state index is 0.0104. The van der Waals surface area contributed by atoms with E-state index in [1.807, 2.05) is 13.8 Å². The third kappa shape index (κ3) is 4.41. The molecule has 0 heterocycles. The van der Waals surface area contributed by atoms with Crippen LogP contribution >= 0.6 is 0 Å². The van der Waals surface area contributed by atoms with Gasteiger partial charge in [0.25, 0.3) is 0 Å². The molecule has 0 aliphatic heterocycles. The molecule has 0 saturated heterocycles. The zero-order valence-corrected chi connectivity index (χ0v) is 8.30. The van der Waals surface area contributed by atoms with Crippen molar-refractivity contribution in [2.45, 2.75) is 53.1 Å². The first-order valence-corrected chi connectivity index (χ1v) is 4.86. The topological polar surface area (TPSA) is 20.2 Å². The van der Waals surface area contributed by atoms with E-state index in [-0.39, 0.29) is 6.10 Å². The fraction of sp³-hybridized carbons (Fsp3) is 1.00. The molecule has 1 heteroatoms.